The van der Waals surface area contributed by atoms with Crippen molar-refractivity contribution < 1.29 is 0 Å². The first kappa shape index (κ1) is 8.12. The summed E-state index contributed by atoms with van der Waals surface area (Å²) in [6.45, 7) is 1.20. The molecule has 1 aliphatic carbocycles. The second kappa shape index (κ2) is 4.77. The fourth-order valence-electron chi connectivity index (χ4n) is 0.813. The van der Waals surface area contributed by atoms with Crippen LogP contribution in [0.1, 0.15) is 19.3 Å². The van der Waals surface area contributed by atoms with Gasteiger partial charge >= 0.3 is 19.3 Å². The van der Waals surface area contributed by atoms with Gasteiger partial charge in [-0.2, -0.15) is 0 Å². The van der Waals surface area contributed by atoms with E-state index in [1.54, 1.807) is 0 Å². The molecule has 9 heavy (non-hydrogen) atoms. The molecule has 0 bridgehead atoms. The second-order valence-corrected chi connectivity index (χ2v) is 4.84. The van der Waals surface area contributed by atoms with Crippen LogP contribution < -0.4 is 5.32 Å². The van der Waals surface area contributed by atoms with Crippen LogP contribution in [0.5, 0.6) is 0 Å². The van der Waals surface area contributed by atoms with Crippen molar-refractivity contribution in [3.05, 3.63) is 0 Å². The van der Waals surface area contributed by atoms with Gasteiger partial charge in [0.2, 0.25) is 0 Å². The Morgan fingerprint density at radius 2 is 2.33 bits per heavy atom. The van der Waals surface area contributed by atoms with Crippen molar-refractivity contribution >= 4 is 28.3 Å². The maximum Gasteiger partial charge on any atom is 0.501 e. The summed E-state index contributed by atoms with van der Waals surface area (Å²) >= 11 is -0.178. The first-order valence-electron chi connectivity index (χ1n) is 3.73. The molecule has 3 heteroatoms. The minimum atomic E-state index is -0.178. The van der Waals surface area contributed by atoms with Crippen LogP contribution in [-0.4, -0.2) is 31.9 Å². The SMILES string of the molecule is [Cl][Mg][CH2]CCNC1CC1. The summed E-state index contributed by atoms with van der Waals surface area (Å²) in [5.74, 6) is 0. The lowest BCUT2D eigenvalue weighted by Crippen LogP contribution is -2.17. The molecule has 0 unspecified atom stereocenters. The minimum absolute atomic E-state index is 0.178. The molecule has 0 amide bonds. The zero-order valence-corrected chi connectivity index (χ0v) is 7.87. The highest BCUT2D eigenvalue weighted by Crippen LogP contribution is 2.18. The van der Waals surface area contributed by atoms with Crippen molar-refractivity contribution in [2.24, 2.45) is 0 Å². The number of halogens is 1. The lowest BCUT2D eigenvalue weighted by Gasteiger charge is -1.98. The zero-order chi connectivity index (χ0) is 6.53. The van der Waals surface area contributed by atoms with Gasteiger partial charge in [0, 0.05) is 6.04 Å². The monoisotopic (exact) mass is 157 g/mol. The molecule has 0 heterocycles. The third-order valence-electron chi connectivity index (χ3n) is 1.57. The fourth-order valence-corrected chi connectivity index (χ4v) is 1.82. The fraction of sp³-hybridized carbons (Fsp3) is 1.00. The molecule has 1 fully saturated rings. The topological polar surface area (TPSA) is 12.0 Å². The van der Waals surface area contributed by atoms with Crippen LogP contribution >= 0.6 is 9.07 Å². The molecule has 0 aliphatic heterocycles. The number of hydrogen-bond donors (Lipinski definition) is 1. The van der Waals surface area contributed by atoms with Crippen LogP contribution in [0.15, 0.2) is 0 Å². The first-order chi connectivity index (χ1) is 4.43. The largest absolute Gasteiger partial charge is 0.501 e. The Morgan fingerprint density at radius 1 is 1.56 bits per heavy atom. The predicted molar refractivity (Wildman–Crippen MR) is 42.1 cm³/mol. The van der Waals surface area contributed by atoms with E-state index in [1.807, 2.05) is 0 Å². The third-order valence-corrected chi connectivity index (χ3v) is 3.14. The summed E-state index contributed by atoms with van der Waals surface area (Å²) in [5, 5.41) is 3.45. The van der Waals surface area contributed by atoms with Gasteiger partial charge in [-0.3, -0.25) is 0 Å². The highest BCUT2D eigenvalue weighted by Gasteiger charge is 2.19. The molecule has 1 aliphatic rings. The molecule has 0 spiro atoms. The highest BCUT2D eigenvalue weighted by molar-refractivity contribution is 6.93. The number of hydrogen-bond acceptors (Lipinski definition) is 1. The molecule has 0 atom stereocenters. The summed E-state index contributed by atoms with van der Waals surface area (Å²) in [6, 6.07) is 0.877. The van der Waals surface area contributed by atoms with Crippen molar-refractivity contribution in [2.45, 2.75) is 29.9 Å². The molecule has 0 aromatic rings. The van der Waals surface area contributed by atoms with Gasteiger partial charge in [-0.25, -0.2) is 0 Å². The molecule has 1 nitrogen and oxygen atoms in total. The molecule has 1 saturated carbocycles. The van der Waals surface area contributed by atoms with E-state index in [0.717, 1.165) is 6.04 Å². The maximum atomic E-state index is 5.64. The van der Waals surface area contributed by atoms with E-state index in [-0.39, 0.29) is 19.3 Å². The molecule has 50 valence electrons. The average Bonchev–Trinajstić information content (AvgIpc) is 2.63. The van der Waals surface area contributed by atoms with Gasteiger partial charge in [0.15, 0.2) is 0 Å². The van der Waals surface area contributed by atoms with Gasteiger partial charge in [-0.1, -0.05) is 6.42 Å². The van der Waals surface area contributed by atoms with Gasteiger partial charge in [0.25, 0.3) is 0 Å². The molecular weight excluding hydrogens is 146 g/mol. The quantitative estimate of drug-likeness (QED) is 0.471. The molecule has 0 saturated heterocycles. The van der Waals surface area contributed by atoms with E-state index in [1.165, 1.54) is 30.4 Å². The summed E-state index contributed by atoms with van der Waals surface area (Å²) in [4.78, 5) is 0. The van der Waals surface area contributed by atoms with E-state index in [0.29, 0.717) is 0 Å². The highest BCUT2D eigenvalue weighted by atomic mass is 35.5. The van der Waals surface area contributed by atoms with Gasteiger partial charge in [-0.15, -0.1) is 4.55 Å². The van der Waals surface area contributed by atoms with Crippen LogP contribution in [0.4, 0.5) is 0 Å². The number of nitrogens with one attached hydrogen (secondary N) is 1. The van der Waals surface area contributed by atoms with Crippen molar-refractivity contribution in [3.8, 4) is 0 Å². The van der Waals surface area contributed by atoms with Crippen LogP contribution in [0, 0.1) is 0 Å². The van der Waals surface area contributed by atoms with Crippen molar-refractivity contribution in [2.75, 3.05) is 6.54 Å². The van der Waals surface area contributed by atoms with E-state index in [4.69, 9.17) is 9.07 Å². The van der Waals surface area contributed by atoms with Crippen molar-refractivity contribution in [1.82, 2.24) is 5.32 Å². The second-order valence-electron chi connectivity index (χ2n) is 2.62. The predicted octanol–water partition coefficient (Wildman–Crippen LogP) is 1.40. The summed E-state index contributed by atoms with van der Waals surface area (Å²) < 4.78 is 1.29. The molecular formula is C6H12ClMgN. The average molecular weight is 158 g/mol. The standard InChI is InChI=1S/C6H12N.ClH.Mg/c1-2-5-7-6-3-4-6;;/h6-7H,1-5H2;1H;/q;;+1/p-1. The third kappa shape index (κ3) is 4.42. The number of rotatable bonds is 5. The lowest BCUT2D eigenvalue weighted by atomic mass is 10.4. The minimum Gasteiger partial charge on any atom is -0.346 e. The molecule has 0 aromatic heterocycles. The Bertz CT molecular complexity index is 75.5. The summed E-state index contributed by atoms with van der Waals surface area (Å²) in [7, 11) is 5.64. The van der Waals surface area contributed by atoms with Crippen LogP contribution in [-0.2, 0) is 0 Å². The van der Waals surface area contributed by atoms with Crippen molar-refractivity contribution in [1.29, 1.82) is 0 Å². The van der Waals surface area contributed by atoms with Gasteiger partial charge < -0.3 is 14.4 Å². The van der Waals surface area contributed by atoms with Crippen molar-refractivity contribution in [3.63, 3.8) is 0 Å². The summed E-state index contributed by atoms with van der Waals surface area (Å²) in [5.41, 5.74) is 0. The molecule has 1 rings (SSSR count). The van der Waals surface area contributed by atoms with Crippen LogP contribution in [0.3, 0.4) is 0 Å². The van der Waals surface area contributed by atoms with Gasteiger partial charge in [-0.05, 0) is 19.4 Å². The smallest absolute Gasteiger partial charge is 0.346 e. The Balaban J connectivity index is 1.71. The normalized spacial score (nSPS) is 17.4. The van der Waals surface area contributed by atoms with Gasteiger partial charge in [0.05, 0.1) is 0 Å². The lowest BCUT2D eigenvalue weighted by molar-refractivity contribution is 0.670. The summed E-state index contributed by atoms with van der Waals surface area (Å²) in [6.07, 6.45) is 4.10. The van der Waals surface area contributed by atoms with E-state index in [9.17, 15) is 0 Å². The first-order valence-corrected chi connectivity index (χ1v) is 6.86. The van der Waals surface area contributed by atoms with Crippen LogP contribution in [0.2, 0.25) is 4.55 Å². The van der Waals surface area contributed by atoms with E-state index >= 15 is 0 Å². The van der Waals surface area contributed by atoms with Gasteiger partial charge in [0.1, 0.15) is 0 Å². The Labute approximate surface area is 70.0 Å². The Kier molecular flexibility index (Phi) is 4.31. The molecule has 0 radical (unpaired) electrons. The van der Waals surface area contributed by atoms with Crippen LogP contribution in [0.25, 0.3) is 0 Å². The zero-order valence-electron chi connectivity index (χ0n) is 5.70. The Morgan fingerprint density at radius 3 is 2.89 bits per heavy atom. The Hall–Kier alpha value is 1.02. The van der Waals surface area contributed by atoms with E-state index in [2.05, 4.69) is 5.32 Å². The molecule has 0 aromatic carbocycles. The van der Waals surface area contributed by atoms with E-state index < -0.39 is 0 Å². The molecule has 1 N–H and O–H groups in total. The maximum absolute atomic E-state index is 5.64.